The van der Waals surface area contributed by atoms with Crippen LogP contribution in [0, 0.1) is 24.1 Å². The van der Waals surface area contributed by atoms with Gasteiger partial charge < -0.3 is 16.4 Å². The zero-order chi connectivity index (χ0) is 23.8. The quantitative estimate of drug-likeness (QED) is 0.463. The van der Waals surface area contributed by atoms with Crippen molar-refractivity contribution >= 4 is 22.3 Å². The van der Waals surface area contributed by atoms with Gasteiger partial charge in [0, 0.05) is 54.2 Å². The Morgan fingerprint density at radius 3 is 2.56 bits per heavy atom. The summed E-state index contributed by atoms with van der Waals surface area (Å²) in [6.07, 6.45) is 6.73. The van der Waals surface area contributed by atoms with Crippen molar-refractivity contribution in [2.45, 2.75) is 25.8 Å². The second kappa shape index (κ2) is 8.73. The zero-order valence-electron chi connectivity index (χ0n) is 18.9. The van der Waals surface area contributed by atoms with Gasteiger partial charge in [-0.3, -0.25) is 9.97 Å². The van der Waals surface area contributed by atoms with Crippen LogP contribution in [0.2, 0.25) is 0 Å². The lowest BCUT2D eigenvalue weighted by Gasteiger charge is -2.34. The lowest BCUT2D eigenvalue weighted by molar-refractivity contribution is 0.502. The summed E-state index contributed by atoms with van der Waals surface area (Å²) in [6, 6.07) is 13.3. The number of fused-ring (bicyclic) bond motifs is 1. The Hall–Kier alpha value is -4.02. The van der Waals surface area contributed by atoms with E-state index in [-0.39, 0.29) is 11.9 Å². The molecular weight excluding hydrogens is 427 g/mol. The first-order chi connectivity index (χ1) is 16.4. The molecule has 1 fully saturated rings. The van der Waals surface area contributed by atoms with Gasteiger partial charge in [-0.25, -0.2) is 4.39 Å². The number of aryl methyl sites for hydroxylation is 1. The Bertz CT molecular complexity index is 1410. The molecule has 4 N–H and O–H groups in total. The van der Waals surface area contributed by atoms with E-state index in [0.717, 1.165) is 64.8 Å². The number of benzene rings is 2. The predicted octanol–water partition coefficient (Wildman–Crippen LogP) is 4.79. The van der Waals surface area contributed by atoms with Crippen LogP contribution in [0.5, 0.6) is 0 Å². The number of nitriles is 1. The average Bonchev–Trinajstić information content (AvgIpc) is 2.83. The average molecular weight is 453 g/mol. The molecule has 1 saturated heterocycles. The molecule has 0 radical (unpaired) electrons. The monoisotopic (exact) mass is 452 g/mol. The van der Waals surface area contributed by atoms with Gasteiger partial charge in [0.15, 0.2) is 0 Å². The minimum Gasteiger partial charge on any atom is -0.397 e. The lowest BCUT2D eigenvalue weighted by atomic mass is 9.95. The molecule has 0 aliphatic carbocycles. The molecule has 0 spiro atoms. The highest BCUT2D eigenvalue weighted by molar-refractivity contribution is 6.02. The number of hydrogen-bond donors (Lipinski definition) is 2. The summed E-state index contributed by atoms with van der Waals surface area (Å²) in [5.41, 5.74) is 19.1. The molecule has 2 aromatic heterocycles. The van der Waals surface area contributed by atoms with Crippen molar-refractivity contribution in [1.82, 2.24) is 9.97 Å². The minimum atomic E-state index is -0.275. The summed E-state index contributed by atoms with van der Waals surface area (Å²) in [4.78, 5) is 11.2. The fourth-order valence-electron chi connectivity index (χ4n) is 4.70. The van der Waals surface area contributed by atoms with E-state index in [1.54, 1.807) is 12.3 Å². The Labute approximate surface area is 197 Å². The molecule has 3 heterocycles. The van der Waals surface area contributed by atoms with Gasteiger partial charge >= 0.3 is 0 Å². The molecule has 0 saturated carbocycles. The van der Waals surface area contributed by atoms with E-state index in [4.69, 9.17) is 16.5 Å². The molecule has 6 nitrogen and oxygen atoms in total. The molecule has 0 atom stereocenters. The van der Waals surface area contributed by atoms with Gasteiger partial charge in [-0.05, 0) is 60.7 Å². The highest BCUT2D eigenvalue weighted by atomic mass is 19.1. The molecule has 0 unspecified atom stereocenters. The Morgan fingerprint density at radius 2 is 1.82 bits per heavy atom. The summed E-state index contributed by atoms with van der Waals surface area (Å²) < 4.78 is 14.4. The molecule has 4 aromatic rings. The van der Waals surface area contributed by atoms with Gasteiger partial charge in [-0.15, -0.1) is 0 Å². The SMILES string of the molecule is Cc1cc(F)cc(-c2cnc3ccc(-c4cncc(C#N)c4N)cc3c2N2CCC(N)CC2)c1. The molecule has 34 heavy (non-hydrogen) atoms. The first kappa shape index (κ1) is 21.8. The van der Waals surface area contributed by atoms with Crippen molar-refractivity contribution in [3.63, 3.8) is 0 Å². The van der Waals surface area contributed by atoms with Crippen LogP contribution >= 0.6 is 0 Å². The second-order valence-electron chi connectivity index (χ2n) is 8.85. The van der Waals surface area contributed by atoms with E-state index in [1.807, 2.05) is 37.4 Å². The van der Waals surface area contributed by atoms with Crippen LogP contribution < -0.4 is 16.4 Å². The van der Waals surface area contributed by atoms with Gasteiger partial charge in [0.2, 0.25) is 0 Å². The van der Waals surface area contributed by atoms with Crippen molar-refractivity contribution in [2.75, 3.05) is 23.7 Å². The number of hydrogen-bond acceptors (Lipinski definition) is 6. The van der Waals surface area contributed by atoms with E-state index in [2.05, 4.69) is 16.0 Å². The number of piperidine rings is 1. The molecule has 2 aromatic carbocycles. The maximum Gasteiger partial charge on any atom is 0.124 e. The van der Waals surface area contributed by atoms with E-state index in [0.29, 0.717) is 16.8 Å². The van der Waals surface area contributed by atoms with E-state index >= 15 is 0 Å². The van der Waals surface area contributed by atoms with Crippen LogP contribution in [0.15, 0.2) is 55.0 Å². The summed E-state index contributed by atoms with van der Waals surface area (Å²) in [7, 11) is 0. The standard InChI is InChI=1S/C27H25FN6/c1-16-8-18(10-20(28)9-16)24-15-33-25-3-2-17(23-14-32-13-19(12-29)26(23)31)11-22(25)27(24)34-6-4-21(30)5-7-34/h2-3,8-11,13-15,21H,4-7,30H2,1H3,(H2,31,32). The fourth-order valence-corrected chi connectivity index (χ4v) is 4.70. The molecule has 5 rings (SSSR count). The number of aromatic nitrogens is 2. The normalized spacial score (nSPS) is 14.4. The summed E-state index contributed by atoms with van der Waals surface area (Å²) in [6.45, 7) is 3.50. The van der Waals surface area contributed by atoms with Crippen molar-refractivity contribution in [3.8, 4) is 28.3 Å². The van der Waals surface area contributed by atoms with Gasteiger partial charge in [-0.1, -0.05) is 12.1 Å². The van der Waals surface area contributed by atoms with Gasteiger partial charge in [0.05, 0.1) is 22.5 Å². The Kier molecular flexibility index (Phi) is 5.60. The first-order valence-corrected chi connectivity index (χ1v) is 11.3. The fraction of sp³-hybridized carbons (Fsp3) is 0.222. The van der Waals surface area contributed by atoms with Crippen LogP contribution in [-0.4, -0.2) is 29.1 Å². The molecule has 7 heteroatoms. The number of anilines is 2. The molecule has 170 valence electrons. The number of rotatable bonds is 3. The van der Waals surface area contributed by atoms with Crippen molar-refractivity contribution in [2.24, 2.45) is 5.73 Å². The lowest BCUT2D eigenvalue weighted by Crippen LogP contribution is -2.40. The first-order valence-electron chi connectivity index (χ1n) is 11.3. The number of nitrogens with zero attached hydrogens (tertiary/aromatic N) is 4. The van der Waals surface area contributed by atoms with E-state index in [9.17, 15) is 9.65 Å². The van der Waals surface area contributed by atoms with E-state index < -0.39 is 0 Å². The van der Waals surface area contributed by atoms with Crippen LogP contribution in [0.4, 0.5) is 15.8 Å². The smallest absolute Gasteiger partial charge is 0.124 e. The third-order valence-electron chi connectivity index (χ3n) is 6.47. The largest absolute Gasteiger partial charge is 0.397 e. The summed E-state index contributed by atoms with van der Waals surface area (Å²) in [5.74, 6) is -0.275. The predicted molar refractivity (Wildman–Crippen MR) is 134 cm³/mol. The van der Waals surface area contributed by atoms with Gasteiger partial charge in [0.25, 0.3) is 0 Å². The molecule has 1 aliphatic heterocycles. The van der Waals surface area contributed by atoms with Crippen LogP contribution in [0.3, 0.4) is 0 Å². The minimum absolute atomic E-state index is 0.180. The van der Waals surface area contributed by atoms with Crippen LogP contribution in [0.1, 0.15) is 24.0 Å². The summed E-state index contributed by atoms with van der Waals surface area (Å²) >= 11 is 0. The Morgan fingerprint density at radius 1 is 1.03 bits per heavy atom. The van der Waals surface area contributed by atoms with Crippen LogP contribution in [-0.2, 0) is 0 Å². The molecule has 0 amide bonds. The van der Waals surface area contributed by atoms with E-state index in [1.165, 1.54) is 12.3 Å². The second-order valence-corrected chi connectivity index (χ2v) is 8.85. The number of halogens is 1. The maximum atomic E-state index is 14.4. The number of pyridine rings is 2. The Balaban J connectivity index is 1.76. The van der Waals surface area contributed by atoms with Gasteiger partial charge in [0.1, 0.15) is 11.9 Å². The highest BCUT2D eigenvalue weighted by Crippen LogP contribution is 2.40. The van der Waals surface area contributed by atoms with Crippen LogP contribution in [0.25, 0.3) is 33.2 Å². The van der Waals surface area contributed by atoms with Crippen molar-refractivity contribution < 1.29 is 4.39 Å². The molecule has 1 aliphatic rings. The molecule has 0 bridgehead atoms. The highest BCUT2D eigenvalue weighted by Gasteiger charge is 2.23. The third-order valence-corrected chi connectivity index (χ3v) is 6.47. The third kappa shape index (κ3) is 3.93. The number of nitrogen functional groups attached to an aromatic ring is 1. The molecular formula is C27H25FN6. The summed E-state index contributed by atoms with van der Waals surface area (Å²) in [5, 5.41) is 10.3. The van der Waals surface area contributed by atoms with Gasteiger partial charge in [-0.2, -0.15) is 5.26 Å². The zero-order valence-corrected chi connectivity index (χ0v) is 18.9. The van der Waals surface area contributed by atoms with Crippen molar-refractivity contribution in [1.29, 1.82) is 5.26 Å². The topological polar surface area (TPSA) is 105 Å². The maximum absolute atomic E-state index is 14.4. The number of nitrogens with two attached hydrogens (primary N) is 2. The van der Waals surface area contributed by atoms with Crippen molar-refractivity contribution in [3.05, 3.63) is 71.9 Å².